The molecule has 1 unspecified atom stereocenters. The molecule has 0 saturated heterocycles. The van der Waals surface area contributed by atoms with Crippen LogP contribution >= 0.6 is 9.39 Å². The van der Waals surface area contributed by atoms with Crippen molar-refractivity contribution in [3.05, 3.63) is 64.7 Å². The molecule has 5 atom stereocenters. The molecule has 0 spiro atoms. The van der Waals surface area contributed by atoms with Gasteiger partial charge in [-0.05, 0) is 85.0 Å². The molecular weight excluding hydrogens is 407 g/mol. The lowest BCUT2D eigenvalue weighted by molar-refractivity contribution is 0.00636. The number of aliphatic hydroxyl groups is 2. The van der Waals surface area contributed by atoms with E-state index in [9.17, 15) is 19.0 Å². The Morgan fingerprint density at radius 3 is 2.40 bits per heavy atom. The first-order chi connectivity index (χ1) is 14.4. The van der Waals surface area contributed by atoms with Gasteiger partial charge in [-0.25, -0.2) is 8.78 Å². The molecule has 7 heteroatoms. The first kappa shape index (κ1) is 21.6. The third-order valence-corrected chi connectivity index (χ3v) is 6.67. The summed E-state index contributed by atoms with van der Waals surface area (Å²) in [7, 11) is 2.58. The minimum Gasteiger partial charge on any atom is -0.487 e. The molecule has 2 aromatic carbocycles. The van der Waals surface area contributed by atoms with E-state index in [0.29, 0.717) is 31.7 Å². The van der Waals surface area contributed by atoms with Gasteiger partial charge in [-0.15, -0.1) is 0 Å². The van der Waals surface area contributed by atoms with Crippen LogP contribution in [0.2, 0.25) is 0 Å². The Morgan fingerprint density at radius 1 is 0.933 bits per heavy atom. The van der Waals surface area contributed by atoms with Crippen LogP contribution in [0.5, 0.6) is 5.75 Å². The minimum absolute atomic E-state index is 0.107. The van der Waals surface area contributed by atoms with E-state index in [2.05, 4.69) is 9.39 Å². The summed E-state index contributed by atoms with van der Waals surface area (Å²) in [5, 5.41) is 21.4. The normalized spacial score (nSPS) is 22.7. The maximum Gasteiger partial charge on any atom is 0.126 e. The van der Waals surface area contributed by atoms with Crippen LogP contribution in [0, 0.1) is 17.6 Å². The van der Waals surface area contributed by atoms with Crippen molar-refractivity contribution in [3.63, 3.8) is 0 Å². The fraction of sp³-hybridized carbons (Fsp3) is 0.478. The molecule has 1 aliphatic carbocycles. The van der Waals surface area contributed by atoms with Crippen molar-refractivity contribution in [2.45, 2.75) is 50.4 Å². The van der Waals surface area contributed by atoms with Crippen LogP contribution in [-0.2, 0) is 19.3 Å². The number of nitrogens with zero attached hydrogens (tertiary/aromatic N) is 1. The highest BCUT2D eigenvalue weighted by molar-refractivity contribution is 7.13. The molecule has 30 heavy (non-hydrogen) atoms. The molecule has 0 fully saturated rings. The highest BCUT2D eigenvalue weighted by atomic mass is 31.0. The molecule has 0 saturated carbocycles. The van der Waals surface area contributed by atoms with E-state index < -0.39 is 12.2 Å². The van der Waals surface area contributed by atoms with Crippen LogP contribution in [-0.4, -0.2) is 46.3 Å². The van der Waals surface area contributed by atoms with Crippen molar-refractivity contribution in [3.8, 4) is 5.75 Å². The van der Waals surface area contributed by atoms with Gasteiger partial charge in [-0.2, -0.15) is 0 Å². The van der Waals surface area contributed by atoms with Gasteiger partial charge in [-0.3, -0.25) is 4.67 Å². The number of fused-ring (bicyclic) bond motifs is 2. The largest absolute Gasteiger partial charge is 0.487 e. The van der Waals surface area contributed by atoms with E-state index in [0.717, 1.165) is 36.0 Å². The second kappa shape index (κ2) is 9.27. The predicted molar refractivity (Wildman–Crippen MR) is 114 cm³/mol. The molecule has 2 N–H and O–H groups in total. The molecule has 0 amide bonds. The number of halogens is 2. The zero-order valence-electron chi connectivity index (χ0n) is 16.8. The Hall–Kier alpha value is -1.59. The Kier molecular flexibility index (Phi) is 6.69. The summed E-state index contributed by atoms with van der Waals surface area (Å²) in [6.45, 7) is 0.759. The second-order valence-electron chi connectivity index (χ2n) is 8.45. The standard InChI is InChI=1S/C23H28F2NO3P/c24-18-5-3-14-9-16(2-1-15(14)10-18)20(27)12-26(30)13-21(28)23-7-4-17-11-19(25)6-8-22(17)29-23/h3,5-6,8,10-11,16,20-21,23,27-28H,1-2,4,7,9,12-13,30H2/t16-,20+,21+,23-/m1/s1. The van der Waals surface area contributed by atoms with Crippen LogP contribution in [0.15, 0.2) is 36.4 Å². The van der Waals surface area contributed by atoms with Gasteiger partial charge in [0.15, 0.2) is 0 Å². The molecule has 4 rings (SSSR count). The number of benzene rings is 2. The third-order valence-electron chi connectivity index (χ3n) is 6.25. The molecule has 162 valence electrons. The number of hydrogen-bond acceptors (Lipinski definition) is 4. The molecule has 1 heterocycles. The quantitative estimate of drug-likeness (QED) is 0.684. The van der Waals surface area contributed by atoms with E-state index in [1.54, 1.807) is 12.1 Å². The van der Waals surface area contributed by atoms with Gasteiger partial charge in [0.1, 0.15) is 29.6 Å². The lowest BCUT2D eigenvalue weighted by atomic mass is 9.81. The minimum atomic E-state index is -0.719. The number of ether oxygens (including phenoxy) is 1. The summed E-state index contributed by atoms with van der Waals surface area (Å²) in [4.78, 5) is 0. The first-order valence-electron chi connectivity index (χ1n) is 10.5. The summed E-state index contributed by atoms with van der Waals surface area (Å²) in [5.41, 5.74) is 2.97. The first-order valence-corrected chi connectivity index (χ1v) is 11.0. The molecule has 1 aliphatic heterocycles. The number of aliphatic hydroxyl groups excluding tert-OH is 2. The van der Waals surface area contributed by atoms with E-state index in [1.165, 1.54) is 18.2 Å². The van der Waals surface area contributed by atoms with Crippen molar-refractivity contribution in [2.24, 2.45) is 5.92 Å². The fourth-order valence-corrected chi connectivity index (χ4v) is 4.98. The molecule has 2 aromatic rings. The zero-order valence-corrected chi connectivity index (χ0v) is 18.0. The van der Waals surface area contributed by atoms with E-state index >= 15 is 0 Å². The second-order valence-corrected chi connectivity index (χ2v) is 9.18. The maximum atomic E-state index is 13.4. The molecule has 0 bridgehead atoms. The van der Waals surface area contributed by atoms with Gasteiger partial charge in [0.2, 0.25) is 0 Å². The van der Waals surface area contributed by atoms with E-state index in [-0.39, 0.29) is 23.7 Å². The average molecular weight is 435 g/mol. The van der Waals surface area contributed by atoms with Gasteiger partial charge >= 0.3 is 0 Å². The Labute approximate surface area is 178 Å². The Morgan fingerprint density at radius 2 is 1.60 bits per heavy atom. The lowest BCUT2D eigenvalue weighted by Gasteiger charge is -2.34. The van der Waals surface area contributed by atoms with E-state index in [1.807, 2.05) is 10.7 Å². The molecule has 2 aliphatic rings. The summed E-state index contributed by atoms with van der Waals surface area (Å²) >= 11 is 0. The van der Waals surface area contributed by atoms with Crippen LogP contribution in [0.1, 0.15) is 29.5 Å². The summed E-state index contributed by atoms with van der Waals surface area (Å²) in [6, 6.07) is 9.33. The molecule has 0 aromatic heterocycles. The molecular formula is C23H28F2NO3P. The zero-order chi connectivity index (χ0) is 21.3. The van der Waals surface area contributed by atoms with Crippen molar-refractivity contribution in [1.29, 1.82) is 0 Å². The topological polar surface area (TPSA) is 52.9 Å². The summed E-state index contributed by atoms with van der Waals surface area (Å²) < 4.78 is 34.5. The van der Waals surface area contributed by atoms with Gasteiger partial charge in [0.25, 0.3) is 0 Å². The smallest absolute Gasteiger partial charge is 0.126 e. The van der Waals surface area contributed by atoms with Gasteiger partial charge in [0, 0.05) is 13.1 Å². The van der Waals surface area contributed by atoms with Crippen molar-refractivity contribution < 1.29 is 23.7 Å². The monoisotopic (exact) mass is 435 g/mol. The highest BCUT2D eigenvalue weighted by Gasteiger charge is 2.30. The summed E-state index contributed by atoms with van der Waals surface area (Å²) in [6.07, 6.45) is 1.98. The number of hydrogen-bond donors (Lipinski definition) is 2. The van der Waals surface area contributed by atoms with Crippen LogP contribution in [0.25, 0.3) is 0 Å². The van der Waals surface area contributed by atoms with Crippen LogP contribution < -0.4 is 4.74 Å². The number of aryl methyl sites for hydroxylation is 2. The molecule has 4 nitrogen and oxygen atoms in total. The van der Waals surface area contributed by atoms with Gasteiger partial charge < -0.3 is 14.9 Å². The molecule has 0 radical (unpaired) electrons. The predicted octanol–water partition coefficient (Wildman–Crippen LogP) is 3.28. The van der Waals surface area contributed by atoms with E-state index in [4.69, 9.17) is 4.74 Å². The third kappa shape index (κ3) is 5.00. The van der Waals surface area contributed by atoms with Gasteiger partial charge in [0.05, 0.1) is 6.10 Å². The lowest BCUT2D eigenvalue weighted by Crippen LogP contribution is -2.43. The Bertz CT molecular complexity index is 825. The maximum absolute atomic E-state index is 13.4. The van der Waals surface area contributed by atoms with Gasteiger partial charge in [-0.1, -0.05) is 15.5 Å². The Balaban J connectivity index is 1.28. The van der Waals surface area contributed by atoms with Crippen molar-refractivity contribution in [2.75, 3.05) is 13.1 Å². The van der Waals surface area contributed by atoms with Crippen molar-refractivity contribution >= 4 is 9.39 Å². The summed E-state index contributed by atoms with van der Waals surface area (Å²) in [5.74, 6) is 0.239. The SMILES string of the molecule is O[C@@H](CN(P)C[C@H](O)[C@H]1CCc2cc(F)ccc2O1)[C@@H]1CCc2cc(F)ccc2C1. The average Bonchev–Trinajstić information content (AvgIpc) is 2.72. The van der Waals surface area contributed by atoms with Crippen LogP contribution in [0.4, 0.5) is 8.78 Å². The van der Waals surface area contributed by atoms with Crippen molar-refractivity contribution in [1.82, 2.24) is 4.67 Å². The number of rotatable bonds is 6. The van der Waals surface area contributed by atoms with Crippen LogP contribution in [0.3, 0.4) is 0 Å². The highest BCUT2D eigenvalue weighted by Crippen LogP contribution is 2.31. The fourth-order valence-electron chi connectivity index (χ4n) is 4.55.